The number of amides is 1. The molecule has 3 aromatic rings. The molecule has 2 aliphatic rings. The van der Waals surface area contributed by atoms with Gasteiger partial charge in [0.1, 0.15) is 5.75 Å². The molecule has 1 unspecified atom stereocenters. The lowest BCUT2D eigenvalue weighted by atomic mass is 9.84. The molecule has 144 valence electrons. The fraction of sp³-hybridized carbons (Fsp3) is 0.348. The highest BCUT2D eigenvalue weighted by Gasteiger charge is 2.37. The van der Waals surface area contributed by atoms with Crippen LogP contribution in [0.2, 0.25) is 0 Å². The van der Waals surface area contributed by atoms with Gasteiger partial charge in [-0.15, -0.1) is 0 Å². The van der Waals surface area contributed by atoms with E-state index in [0.717, 1.165) is 64.2 Å². The summed E-state index contributed by atoms with van der Waals surface area (Å²) in [6, 6.07) is 10.3. The molecule has 1 fully saturated rings. The second-order valence-electron chi connectivity index (χ2n) is 7.52. The Balaban J connectivity index is 1.93. The first-order chi connectivity index (χ1) is 13.7. The largest absolute Gasteiger partial charge is 0.497 e. The third-order valence-corrected chi connectivity index (χ3v) is 6.23. The van der Waals surface area contributed by atoms with Gasteiger partial charge in [-0.2, -0.15) is 0 Å². The van der Waals surface area contributed by atoms with Crippen LogP contribution in [0.4, 0.5) is 0 Å². The van der Waals surface area contributed by atoms with Gasteiger partial charge >= 0.3 is 0 Å². The number of carbonyl (C=O) groups excluding carboxylic acids is 1. The molecule has 2 aliphatic heterocycles. The topological polar surface area (TPSA) is 48.0 Å². The highest BCUT2D eigenvalue weighted by Crippen LogP contribution is 2.44. The zero-order valence-electron chi connectivity index (χ0n) is 16.4. The van der Waals surface area contributed by atoms with E-state index in [1.807, 2.05) is 23.1 Å². The Morgan fingerprint density at radius 2 is 1.61 bits per heavy atom. The number of rotatable bonds is 3. The minimum atomic E-state index is 0.138. The van der Waals surface area contributed by atoms with E-state index in [-0.39, 0.29) is 5.91 Å². The summed E-state index contributed by atoms with van der Waals surface area (Å²) in [5, 5.41) is 4.10. The summed E-state index contributed by atoms with van der Waals surface area (Å²) >= 11 is 0. The predicted octanol–water partition coefficient (Wildman–Crippen LogP) is 4.18. The van der Waals surface area contributed by atoms with E-state index in [0.29, 0.717) is 17.5 Å². The van der Waals surface area contributed by atoms with Crippen molar-refractivity contribution in [2.24, 2.45) is 0 Å². The van der Waals surface area contributed by atoms with Gasteiger partial charge in [-0.25, -0.2) is 0 Å². The van der Waals surface area contributed by atoms with Gasteiger partial charge in [0, 0.05) is 12.6 Å². The van der Waals surface area contributed by atoms with Crippen molar-refractivity contribution in [3.05, 3.63) is 41.5 Å². The highest BCUT2D eigenvalue weighted by molar-refractivity contribution is 6.20. The molecule has 0 N–H and O–H groups in total. The first kappa shape index (κ1) is 17.2. The number of hydrogen-bond acceptors (Lipinski definition) is 4. The van der Waals surface area contributed by atoms with Crippen molar-refractivity contribution >= 4 is 27.5 Å². The SMILES string of the molecule is COc1ccc2c3c(c4cc(OC)c(OC)cc4c2c1)C(=O)N1CCCC1C3. The quantitative estimate of drug-likeness (QED) is 0.643. The fourth-order valence-electron chi connectivity index (χ4n) is 4.89. The lowest BCUT2D eigenvalue weighted by Crippen LogP contribution is -2.41. The lowest BCUT2D eigenvalue weighted by Gasteiger charge is -2.33. The number of methoxy groups -OCH3 is 3. The minimum absolute atomic E-state index is 0.138. The molecule has 28 heavy (non-hydrogen) atoms. The number of ether oxygens (including phenoxy) is 3. The predicted molar refractivity (Wildman–Crippen MR) is 109 cm³/mol. The van der Waals surface area contributed by atoms with E-state index < -0.39 is 0 Å². The minimum Gasteiger partial charge on any atom is -0.497 e. The standard InChI is InChI=1S/C23H23NO4/c1-26-14-6-7-15-16(10-14)17-11-20(27-2)21(28-3)12-19(17)22-18(15)9-13-5-4-8-24(13)23(22)25/h6-7,10-13H,4-5,8-9H2,1-3H3. The van der Waals surface area contributed by atoms with Crippen molar-refractivity contribution in [3.63, 3.8) is 0 Å². The average Bonchev–Trinajstić information content (AvgIpc) is 3.21. The Morgan fingerprint density at radius 1 is 0.893 bits per heavy atom. The van der Waals surface area contributed by atoms with Crippen LogP contribution in [0, 0.1) is 0 Å². The molecule has 1 saturated heterocycles. The van der Waals surface area contributed by atoms with E-state index in [4.69, 9.17) is 14.2 Å². The normalized spacial score (nSPS) is 18.3. The van der Waals surface area contributed by atoms with Gasteiger partial charge < -0.3 is 19.1 Å². The molecule has 0 aromatic heterocycles. The second-order valence-corrected chi connectivity index (χ2v) is 7.52. The zero-order valence-corrected chi connectivity index (χ0v) is 16.4. The monoisotopic (exact) mass is 377 g/mol. The van der Waals surface area contributed by atoms with Gasteiger partial charge in [0.2, 0.25) is 0 Å². The van der Waals surface area contributed by atoms with Crippen molar-refractivity contribution in [2.75, 3.05) is 27.9 Å². The van der Waals surface area contributed by atoms with E-state index >= 15 is 0 Å². The number of fused-ring (bicyclic) bond motifs is 7. The van der Waals surface area contributed by atoms with E-state index in [2.05, 4.69) is 12.1 Å². The van der Waals surface area contributed by atoms with Gasteiger partial charge in [0.25, 0.3) is 5.91 Å². The maximum Gasteiger partial charge on any atom is 0.255 e. The van der Waals surface area contributed by atoms with E-state index in [1.165, 1.54) is 0 Å². The average molecular weight is 377 g/mol. The van der Waals surface area contributed by atoms with Crippen LogP contribution in [0.3, 0.4) is 0 Å². The third kappa shape index (κ3) is 2.28. The Morgan fingerprint density at radius 3 is 2.32 bits per heavy atom. The van der Waals surface area contributed by atoms with Gasteiger partial charge in [0.05, 0.1) is 26.9 Å². The van der Waals surface area contributed by atoms with Crippen LogP contribution in [0.5, 0.6) is 17.2 Å². The van der Waals surface area contributed by atoms with Gasteiger partial charge in [-0.05, 0) is 70.6 Å². The van der Waals surface area contributed by atoms with Crippen molar-refractivity contribution in [2.45, 2.75) is 25.3 Å². The Hall–Kier alpha value is -2.95. The number of nitrogens with zero attached hydrogens (tertiary/aromatic N) is 1. The van der Waals surface area contributed by atoms with E-state index in [9.17, 15) is 4.79 Å². The first-order valence-electron chi connectivity index (χ1n) is 9.65. The second kappa shape index (κ2) is 6.30. The van der Waals surface area contributed by atoms with E-state index in [1.54, 1.807) is 21.3 Å². The molecule has 5 nitrogen and oxygen atoms in total. The Kier molecular flexibility index (Phi) is 3.86. The van der Waals surface area contributed by atoms with Crippen molar-refractivity contribution in [1.29, 1.82) is 0 Å². The molecule has 5 rings (SSSR count). The van der Waals surface area contributed by atoms with Crippen LogP contribution in [-0.4, -0.2) is 44.7 Å². The summed E-state index contributed by atoms with van der Waals surface area (Å²) in [5.41, 5.74) is 1.96. The maximum atomic E-state index is 13.5. The molecule has 0 bridgehead atoms. The number of hydrogen-bond donors (Lipinski definition) is 0. The molecule has 1 amide bonds. The molecule has 5 heteroatoms. The van der Waals surface area contributed by atoms with Gasteiger partial charge in [-0.3, -0.25) is 4.79 Å². The molecule has 0 aliphatic carbocycles. The zero-order chi connectivity index (χ0) is 19.4. The summed E-state index contributed by atoms with van der Waals surface area (Å²) in [6.45, 7) is 0.846. The van der Waals surface area contributed by atoms with Gasteiger partial charge in [-0.1, -0.05) is 6.07 Å². The molecular weight excluding hydrogens is 354 g/mol. The molecular formula is C23H23NO4. The van der Waals surface area contributed by atoms with Crippen LogP contribution in [-0.2, 0) is 6.42 Å². The Bertz CT molecular complexity index is 1120. The third-order valence-electron chi connectivity index (χ3n) is 6.23. The molecule has 0 spiro atoms. The lowest BCUT2D eigenvalue weighted by molar-refractivity contribution is 0.0718. The molecule has 2 heterocycles. The number of benzene rings is 3. The van der Waals surface area contributed by atoms with Crippen LogP contribution in [0.15, 0.2) is 30.3 Å². The molecule has 0 radical (unpaired) electrons. The summed E-state index contributed by atoms with van der Waals surface area (Å²) in [4.78, 5) is 15.5. The summed E-state index contributed by atoms with van der Waals surface area (Å²) < 4.78 is 16.6. The van der Waals surface area contributed by atoms with Crippen LogP contribution in [0.1, 0.15) is 28.8 Å². The molecule has 3 aromatic carbocycles. The fourth-order valence-corrected chi connectivity index (χ4v) is 4.89. The summed E-state index contributed by atoms with van der Waals surface area (Å²) in [6.07, 6.45) is 3.05. The maximum absolute atomic E-state index is 13.5. The summed E-state index contributed by atoms with van der Waals surface area (Å²) in [5.74, 6) is 2.23. The molecule has 1 atom stereocenters. The molecule has 0 saturated carbocycles. The Labute approximate surface area is 163 Å². The van der Waals surface area contributed by atoms with Crippen LogP contribution in [0.25, 0.3) is 21.5 Å². The van der Waals surface area contributed by atoms with Crippen LogP contribution >= 0.6 is 0 Å². The smallest absolute Gasteiger partial charge is 0.255 e. The van der Waals surface area contributed by atoms with Crippen molar-refractivity contribution in [1.82, 2.24) is 4.90 Å². The summed E-state index contributed by atoms with van der Waals surface area (Å²) in [7, 11) is 4.93. The highest BCUT2D eigenvalue weighted by atomic mass is 16.5. The number of carbonyl (C=O) groups is 1. The van der Waals surface area contributed by atoms with Crippen molar-refractivity contribution in [3.8, 4) is 17.2 Å². The first-order valence-corrected chi connectivity index (χ1v) is 9.65. The van der Waals surface area contributed by atoms with Crippen LogP contribution < -0.4 is 14.2 Å². The van der Waals surface area contributed by atoms with Crippen molar-refractivity contribution < 1.29 is 19.0 Å². The van der Waals surface area contributed by atoms with Gasteiger partial charge in [0.15, 0.2) is 11.5 Å².